The maximum atomic E-state index is 12.5. The fourth-order valence-corrected chi connectivity index (χ4v) is 2.77. The van der Waals surface area contributed by atoms with Gasteiger partial charge in [0.25, 0.3) is 5.56 Å². The molecule has 1 N–H and O–H groups in total. The molecule has 0 aliphatic carbocycles. The summed E-state index contributed by atoms with van der Waals surface area (Å²) in [6.45, 7) is 7.62. The molecule has 0 saturated heterocycles. The molecule has 1 atom stereocenters. The van der Waals surface area contributed by atoms with Crippen molar-refractivity contribution in [2.45, 2.75) is 46.2 Å². The van der Waals surface area contributed by atoms with Crippen LogP contribution in [0.3, 0.4) is 0 Å². The summed E-state index contributed by atoms with van der Waals surface area (Å²) in [5, 5.41) is 4.31. The lowest BCUT2D eigenvalue weighted by Gasteiger charge is -2.34. The van der Waals surface area contributed by atoms with E-state index in [2.05, 4.69) is 5.32 Å². The van der Waals surface area contributed by atoms with Crippen molar-refractivity contribution >= 4 is 22.6 Å². The highest BCUT2D eigenvalue weighted by Gasteiger charge is 2.33. The van der Waals surface area contributed by atoms with Gasteiger partial charge in [-0.15, -0.1) is 0 Å². The lowest BCUT2D eigenvalue weighted by atomic mass is 9.85. The molecule has 6 nitrogen and oxygen atoms in total. The Kier molecular flexibility index (Phi) is 6.18. The largest absolute Gasteiger partial charge is 0.466 e. The fraction of sp³-hybridized carbons (Fsp3) is 0.450. The molecule has 1 aromatic carbocycles. The topological polar surface area (TPSA) is 77.4 Å². The molecular formula is C20H26N2O4. The lowest BCUT2D eigenvalue weighted by Crippen LogP contribution is -2.52. The number of ether oxygens (including phenoxy) is 1. The van der Waals surface area contributed by atoms with E-state index in [1.165, 1.54) is 4.57 Å². The van der Waals surface area contributed by atoms with Gasteiger partial charge in [0.05, 0.1) is 18.6 Å². The number of carbonyl (C=O) groups is 2. The van der Waals surface area contributed by atoms with Crippen LogP contribution >= 0.6 is 0 Å². The van der Waals surface area contributed by atoms with E-state index in [-0.39, 0.29) is 36.3 Å². The molecule has 1 unspecified atom stereocenters. The molecule has 1 amide bonds. The number of rotatable bonds is 7. The molecule has 2 rings (SSSR count). The maximum absolute atomic E-state index is 12.5. The average molecular weight is 358 g/mol. The van der Waals surface area contributed by atoms with Crippen molar-refractivity contribution in [1.82, 2.24) is 9.88 Å². The summed E-state index contributed by atoms with van der Waals surface area (Å²) >= 11 is 0. The van der Waals surface area contributed by atoms with Crippen LogP contribution in [0.1, 0.15) is 34.1 Å². The lowest BCUT2D eigenvalue weighted by molar-refractivity contribution is -0.145. The molecule has 0 aliphatic heterocycles. The van der Waals surface area contributed by atoms with Gasteiger partial charge in [0, 0.05) is 11.6 Å². The molecule has 0 spiro atoms. The Morgan fingerprint density at radius 2 is 1.92 bits per heavy atom. The highest BCUT2D eigenvalue weighted by molar-refractivity contribution is 5.82. The second kappa shape index (κ2) is 8.17. The first-order valence-corrected chi connectivity index (χ1v) is 8.81. The predicted molar refractivity (Wildman–Crippen MR) is 101 cm³/mol. The quantitative estimate of drug-likeness (QED) is 0.772. The van der Waals surface area contributed by atoms with E-state index in [0.717, 1.165) is 5.39 Å². The number of aromatic nitrogens is 1. The third-order valence-electron chi connectivity index (χ3n) is 4.72. The van der Waals surface area contributed by atoms with E-state index in [9.17, 15) is 14.4 Å². The zero-order valence-electron chi connectivity index (χ0n) is 15.7. The fourth-order valence-electron chi connectivity index (χ4n) is 2.77. The molecule has 0 bridgehead atoms. The summed E-state index contributed by atoms with van der Waals surface area (Å²) in [5.41, 5.74) is -0.959. The number of hydrogen-bond acceptors (Lipinski definition) is 4. The monoisotopic (exact) mass is 358 g/mol. The maximum Gasteiger partial charge on any atom is 0.308 e. The number of fused-ring (bicyclic) bond motifs is 1. The van der Waals surface area contributed by atoms with E-state index >= 15 is 0 Å². The second-order valence-electron chi connectivity index (χ2n) is 6.94. The number of benzene rings is 1. The minimum Gasteiger partial charge on any atom is -0.466 e. The summed E-state index contributed by atoms with van der Waals surface area (Å²) < 4.78 is 6.39. The molecule has 6 heteroatoms. The molecular weight excluding hydrogens is 332 g/mol. The zero-order chi connectivity index (χ0) is 19.3. The summed E-state index contributed by atoms with van der Waals surface area (Å²) in [6, 6.07) is 9.07. The van der Waals surface area contributed by atoms with Crippen molar-refractivity contribution in [3.63, 3.8) is 0 Å². The Morgan fingerprint density at radius 1 is 1.23 bits per heavy atom. The minimum atomic E-state index is -0.746. The number of pyridine rings is 1. The van der Waals surface area contributed by atoms with Crippen LogP contribution in [0.25, 0.3) is 10.8 Å². The average Bonchev–Trinajstić information content (AvgIpc) is 2.57. The molecule has 26 heavy (non-hydrogen) atoms. The molecule has 1 aromatic heterocycles. The van der Waals surface area contributed by atoms with Gasteiger partial charge in [-0.1, -0.05) is 32.0 Å². The molecule has 2 aromatic rings. The van der Waals surface area contributed by atoms with Crippen LogP contribution in [0.2, 0.25) is 0 Å². The molecule has 0 saturated carbocycles. The smallest absolute Gasteiger partial charge is 0.308 e. The Morgan fingerprint density at radius 3 is 2.58 bits per heavy atom. The molecule has 0 aliphatic rings. The van der Waals surface area contributed by atoms with Crippen molar-refractivity contribution in [2.75, 3.05) is 6.61 Å². The highest BCUT2D eigenvalue weighted by atomic mass is 16.5. The van der Waals surface area contributed by atoms with E-state index in [1.54, 1.807) is 25.3 Å². The first-order chi connectivity index (χ1) is 12.3. The minimum absolute atomic E-state index is 0.0178. The Hall–Kier alpha value is -2.63. The normalized spacial score (nSPS) is 13.4. The number of nitrogens with one attached hydrogen (secondary N) is 1. The van der Waals surface area contributed by atoms with Gasteiger partial charge in [-0.2, -0.15) is 0 Å². The second-order valence-corrected chi connectivity index (χ2v) is 6.94. The molecule has 140 valence electrons. The summed E-state index contributed by atoms with van der Waals surface area (Å²) in [5.74, 6) is -0.654. The molecule has 0 radical (unpaired) electrons. The van der Waals surface area contributed by atoms with Crippen LogP contribution < -0.4 is 10.9 Å². The van der Waals surface area contributed by atoms with Crippen molar-refractivity contribution in [2.24, 2.45) is 5.92 Å². The van der Waals surface area contributed by atoms with E-state index in [1.807, 2.05) is 39.0 Å². The van der Waals surface area contributed by atoms with Crippen molar-refractivity contribution < 1.29 is 14.3 Å². The van der Waals surface area contributed by atoms with E-state index in [0.29, 0.717) is 12.0 Å². The first-order valence-electron chi connectivity index (χ1n) is 8.81. The standard InChI is InChI=1S/C20H26N2O4/c1-5-26-18(24)12-20(4,14(2)3)21-17(23)13-22-11-10-15-8-6-7-9-16(15)19(22)25/h6-11,14H,5,12-13H2,1-4H3,(H,21,23). The summed E-state index contributed by atoms with van der Waals surface area (Å²) in [7, 11) is 0. The predicted octanol–water partition coefficient (Wildman–Crippen LogP) is 2.49. The van der Waals surface area contributed by atoms with Crippen molar-refractivity contribution in [3.8, 4) is 0 Å². The number of nitrogens with zero attached hydrogens (tertiary/aromatic N) is 1. The van der Waals surface area contributed by atoms with Gasteiger partial charge in [-0.25, -0.2) is 0 Å². The van der Waals surface area contributed by atoms with Gasteiger partial charge in [-0.05, 0) is 37.3 Å². The first kappa shape index (κ1) is 19.7. The van der Waals surface area contributed by atoms with Crippen LogP contribution in [0.5, 0.6) is 0 Å². The third kappa shape index (κ3) is 4.50. The van der Waals surface area contributed by atoms with Gasteiger partial charge >= 0.3 is 5.97 Å². The van der Waals surface area contributed by atoms with Crippen LogP contribution in [-0.4, -0.2) is 28.6 Å². The summed E-state index contributed by atoms with van der Waals surface area (Å²) in [6.07, 6.45) is 1.69. The van der Waals surface area contributed by atoms with E-state index < -0.39 is 5.54 Å². The Bertz CT molecular complexity index is 856. The van der Waals surface area contributed by atoms with Crippen LogP contribution in [0.4, 0.5) is 0 Å². The van der Waals surface area contributed by atoms with Gasteiger partial charge < -0.3 is 14.6 Å². The van der Waals surface area contributed by atoms with Gasteiger partial charge in [0.15, 0.2) is 0 Å². The van der Waals surface area contributed by atoms with Gasteiger partial charge in [-0.3, -0.25) is 14.4 Å². The summed E-state index contributed by atoms with van der Waals surface area (Å²) in [4.78, 5) is 36.9. The number of esters is 1. The van der Waals surface area contributed by atoms with Crippen LogP contribution in [0.15, 0.2) is 41.3 Å². The van der Waals surface area contributed by atoms with Crippen LogP contribution in [0, 0.1) is 5.92 Å². The number of carbonyl (C=O) groups excluding carboxylic acids is 2. The van der Waals surface area contributed by atoms with Gasteiger partial charge in [0.1, 0.15) is 6.54 Å². The van der Waals surface area contributed by atoms with Gasteiger partial charge in [0.2, 0.25) is 5.91 Å². The van der Waals surface area contributed by atoms with Crippen LogP contribution in [-0.2, 0) is 20.9 Å². The number of hydrogen-bond donors (Lipinski definition) is 1. The third-order valence-corrected chi connectivity index (χ3v) is 4.72. The molecule has 1 heterocycles. The SMILES string of the molecule is CCOC(=O)CC(C)(NC(=O)Cn1ccc2ccccc2c1=O)C(C)C. The highest BCUT2D eigenvalue weighted by Crippen LogP contribution is 2.21. The number of amides is 1. The van der Waals surface area contributed by atoms with E-state index in [4.69, 9.17) is 4.74 Å². The van der Waals surface area contributed by atoms with Crippen molar-refractivity contribution in [1.29, 1.82) is 0 Å². The zero-order valence-corrected chi connectivity index (χ0v) is 15.7. The van der Waals surface area contributed by atoms with Crippen molar-refractivity contribution in [3.05, 3.63) is 46.9 Å². The molecule has 0 fully saturated rings. The Balaban J connectivity index is 2.17. The Labute approximate surface area is 153 Å².